The van der Waals surface area contributed by atoms with E-state index in [1.165, 1.54) is 5.56 Å². The molecule has 4 nitrogen and oxygen atoms in total. The number of anilines is 1. The second-order valence-electron chi connectivity index (χ2n) is 6.74. The van der Waals surface area contributed by atoms with Gasteiger partial charge in [0.1, 0.15) is 6.54 Å². The standard InChI is InChI=1S/C22H22N2O2/c1-2-21(25)18-14-23(20-12-6-4-10-17(18)20)15-22(26)24-13-7-9-16-8-3-5-11-19(16)24/h3-6,8,10-12,14H,2,7,9,13,15H2,1H3. The lowest BCUT2D eigenvalue weighted by Crippen LogP contribution is -2.37. The van der Waals surface area contributed by atoms with Crippen LogP contribution in [-0.2, 0) is 17.8 Å². The van der Waals surface area contributed by atoms with Crippen molar-refractivity contribution in [3.63, 3.8) is 0 Å². The zero-order valence-electron chi connectivity index (χ0n) is 14.9. The van der Waals surface area contributed by atoms with E-state index in [0.717, 1.165) is 36.0 Å². The normalized spacial score (nSPS) is 13.7. The number of hydrogen-bond acceptors (Lipinski definition) is 2. The molecular formula is C22H22N2O2. The predicted octanol–water partition coefficient (Wildman–Crippen LogP) is 4.21. The highest BCUT2D eigenvalue weighted by atomic mass is 16.2. The molecule has 0 N–H and O–H groups in total. The number of rotatable bonds is 4. The Bertz CT molecular complexity index is 987. The number of aromatic nitrogens is 1. The lowest BCUT2D eigenvalue weighted by molar-refractivity contribution is -0.119. The zero-order chi connectivity index (χ0) is 18.1. The van der Waals surface area contributed by atoms with Crippen molar-refractivity contribution in [1.82, 2.24) is 4.57 Å². The van der Waals surface area contributed by atoms with Crippen LogP contribution in [0.5, 0.6) is 0 Å². The van der Waals surface area contributed by atoms with Crippen LogP contribution in [-0.4, -0.2) is 22.8 Å². The topological polar surface area (TPSA) is 42.3 Å². The fourth-order valence-electron chi connectivity index (χ4n) is 3.81. The van der Waals surface area contributed by atoms with Crippen molar-refractivity contribution in [2.75, 3.05) is 11.4 Å². The Morgan fingerprint density at radius 3 is 2.65 bits per heavy atom. The Morgan fingerprint density at radius 2 is 1.81 bits per heavy atom. The Hall–Kier alpha value is -2.88. The molecule has 0 aliphatic carbocycles. The lowest BCUT2D eigenvalue weighted by atomic mass is 10.0. The number of hydrogen-bond donors (Lipinski definition) is 0. The van der Waals surface area contributed by atoms with E-state index in [1.54, 1.807) is 0 Å². The Labute approximate surface area is 153 Å². The third-order valence-electron chi connectivity index (χ3n) is 5.13. The Balaban J connectivity index is 1.68. The van der Waals surface area contributed by atoms with Crippen molar-refractivity contribution in [3.05, 3.63) is 65.9 Å². The van der Waals surface area contributed by atoms with Gasteiger partial charge in [-0.3, -0.25) is 9.59 Å². The van der Waals surface area contributed by atoms with Gasteiger partial charge in [-0.05, 0) is 30.5 Å². The summed E-state index contributed by atoms with van der Waals surface area (Å²) < 4.78 is 1.91. The molecule has 3 aromatic rings. The van der Waals surface area contributed by atoms with Crippen LogP contribution in [0.1, 0.15) is 35.7 Å². The minimum absolute atomic E-state index is 0.0633. The van der Waals surface area contributed by atoms with E-state index in [1.807, 2.05) is 65.1 Å². The molecule has 0 saturated carbocycles. The minimum Gasteiger partial charge on any atom is -0.337 e. The van der Waals surface area contributed by atoms with Crippen molar-refractivity contribution in [2.24, 2.45) is 0 Å². The summed E-state index contributed by atoms with van der Waals surface area (Å²) in [5, 5.41) is 0.922. The molecule has 4 rings (SSSR count). The molecule has 2 aromatic carbocycles. The van der Waals surface area contributed by atoms with Gasteiger partial charge < -0.3 is 9.47 Å². The van der Waals surface area contributed by atoms with Crippen molar-refractivity contribution in [1.29, 1.82) is 0 Å². The first-order valence-corrected chi connectivity index (χ1v) is 9.18. The van der Waals surface area contributed by atoms with Crippen LogP contribution in [0, 0.1) is 0 Å². The van der Waals surface area contributed by atoms with E-state index >= 15 is 0 Å². The number of fused-ring (bicyclic) bond motifs is 2. The molecule has 1 aromatic heterocycles. The van der Waals surface area contributed by atoms with Gasteiger partial charge in [0.15, 0.2) is 5.78 Å². The van der Waals surface area contributed by atoms with Crippen LogP contribution in [0.3, 0.4) is 0 Å². The lowest BCUT2D eigenvalue weighted by Gasteiger charge is -2.29. The van der Waals surface area contributed by atoms with Gasteiger partial charge in [-0.2, -0.15) is 0 Å². The largest absolute Gasteiger partial charge is 0.337 e. The number of carbonyl (C=O) groups excluding carboxylic acids is 2. The Morgan fingerprint density at radius 1 is 1.04 bits per heavy atom. The first-order valence-electron chi connectivity index (χ1n) is 9.18. The molecule has 0 saturated heterocycles. The van der Waals surface area contributed by atoms with E-state index in [-0.39, 0.29) is 18.2 Å². The van der Waals surface area contributed by atoms with E-state index in [9.17, 15) is 9.59 Å². The molecule has 0 spiro atoms. The number of para-hydroxylation sites is 2. The van der Waals surface area contributed by atoms with Gasteiger partial charge in [0, 0.05) is 41.3 Å². The number of ketones is 1. The SMILES string of the molecule is CCC(=O)c1cn(CC(=O)N2CCCc3ccccc32)c2ccccc12. The Kier molecular flexibility index (Phi) is 4.33. The number of amides is 1. The first-order chi connectivity index (χ1) is 12.7. The summed E-state index contributed by atoms with van der Waals surface area (Å²) in [6, 6.07) is 15.9. The maximum absolute atomic E-state index is 13.0. The van der Waals surface area contributed by atoms with Crippen molar-refractivity contribution in [2.45, 2.75) is 32.7 Å². The molecule has 0 fully saturated rings. The number of benzene rings is 2. The molecule has 2 heterocycles. The van der Waals surface area contributed by atoms with E-state index in [0.29, 0.717) is 12.0 Å². The van der Waals surface area contributed by atoms with Gasteiger partial charge in [0.05, 0.1) is 0 Å². The summed E-state index contributed by atoms with van der Waals surface area (Å²) in [6.07, 6.45) is 4.29. The first kappa shape index (κ1) is 16.6. The van der Waals surface area contributed by atoms with Gasteiger partial charge in [0.2, 0.25) is 5.91 Å². The van der Waals surface area contributed by atoms with Crippen molar-refractivity contribution in [3.8, 4) is 0 Å². The quantitative estimate of drug-likeness (QED) is 0.664. The van der Waals surface area contributed by atoms with Gasteiger partial charge in [-0.25, -0.2) is 0 Å². The third kappa shape index (κ3) is 2.81. The minimum atomic E-state index is 0.0633. The summed E-state index contributed by atoms with van der Waals surface area (Å²) in [4.78, 5) is 27.2. The molecule has 0 bridgehead atoms. The molecule has 1 aliphatic heterocycles. The number of nitrogens with zero attached hydrogens (tertiary/aromatic N) is 2. The van der Waals surface area contributed by atoms with Crippen LogP contribution in [0.15, 0.2) is 54.7 Å². The fourth-order valence-corrected chi connectivity index (χ4v) is 3.81. The molecule has 0 unspecified atom stereocenters. The molecule has 0 atom stereocenters. The zero-order valence-corrected chi connectivity index (χ0v) is 14.9. The molecule has 1 aliphatic rings. The highest BCUT2D eigenvalue weighted by Gasteiger charge is 2.23. The molecule has 26 heavy (non-hydrogen) atoms. The van der Waals surface area contributed by atoms with E-state index < -0.39 is 0 Å². The van der Waals surface area contributed by atoms with Crippen molar-refractivity contribution < 1.29 is 9.59 Å². The molecule has 1 amide bonds. The fraction of sp³-hybridized carbons (Fsp3) is 0.273. The smallest absolute Gasteiger partial charge is 0.246 e. The molecule has 4 heteroatoms. The predicted molar refractivity (Wildman–Crippen MR) is 104 cm³/mol. The highest BCUT2D eigenvalue weighted by Crippen LogP contribution is 2.28. The van der Waals surface area contributed by atoms with Crippen molar-refractivity contribution >= 4 is 28.3 Å². The monoisotopic (exact) mass is 346 g/mol. The van der Waals surface area contributed by atoms with Gasteiger partial charge in [0.25, 0.3) is 0 Å². The maximum atomic E-state index is 13.0. The summed E-state index contributed by atoms with van der Waals surface area (Å²) in [5.41, 5.74) is 3.88. The van der Waals surface area contributed by atoms with Crippen LogP contribution >= 0.6 is 0 Å². The second kappa shape index (κ2) is 6.79. The van der Waals surface area contributed by atoms with Crippen LogP contribution in [0.4, 0.5) is 5.69 Å². The van der Waals surface area contributed by atoms with Crippen LogP contribution in [0.2, 0.25) is 0 Å². The van der Waals surface area contributed by atoms with E-state index in [4.69, 9.17) is 0 Å². The molecule has 132 valence electrons. The summed E-state index contributed by atoms with van der Waals surface area (Å²) in [5.74, 6) is 0.170. The van der Waals surface area contributed by atoms with Gasteiger partial charge in [-0.1, -0.05) is 43.3 Å². The van der Waals surface area contributed by atoms with Gasteiger partial charge in [-0.15, -0.1) is 0 Å². The molecular weight excluding hydrogens is 324 g/mol. The average molecular weight is 346 g/mol. The third-order valence-corrected chi connectivity index (χ3v) is 5.13. The second-order valence-corrected chi connectivity index (χ2v) is 6.74. The summed E-state index contributed by atoms with van der Waals surface area (Å²) >= 11 is 0. The van der Waals surface area contributed by atoms with Gasteiger partial charge >= 0.3 is 0 Å². The summed E-state index contributed by atoms with van der Waals surface area (Å²) in [7, 11) is 0. The number of carbonyl (C=O) groups is 2. The molecule has 0 radical (unpaired) electrons. The maximum Gasteiger partial charge on any atom is 0.246 e. The van der Waals surface area contributed by atoms with Crippen LogP contribution in [0.25, 0.3) is 10.9 Å². The van der Waals surface area contributed by atoms with E-state index in [2.05, 4.69) is 6.07 Å². The highest BCUT2D eigenvalue weighted by molar-refractivity contribution is 6.08. The number of aryl methyl sites for hydroxylation is 1. The average Bonchev–Trinajstić information content (AvgIpc) is 3.05. The van der Waals surface area contributed by atoms with Crippen LogP contribution < -0.4 is 4.90 Å². The number of Topliss-reactive ketones (excluding diaryl/α,β-unsaturated/α-hetero) is 1. The summed E-state index contributed by atoms with van der Waals surface area (Å²) in [6.45, 7) is 2.85.